The molecule has 0 fully saturated rings. The summed E-state index contributed by atoms with van der Waals surface area (Å²) in [6, 6.07) is 19.6. The Bertz CT molecular complexity index is 1310. The molecule has 0 spiro atoms. The Morgan fingerprint density at radius 1 is 1.03 bits per heavy atom. The highest BCUT2D eigenvalue weighted by Gasteiger charge is 2.15. The Morgan fingerprint density at radius 3 is 2.52 bits per heavy atom. The van der Waals surface area contributed by atoms with Crippen molar-refractivity contribution in [2.24, 2.45) is 0 Å². The summed E-state index contributed by atoms with van der Waals surface area (Å²) in [5, 5.41) is 1.40. The quantitative estimate of drug-likeness (QED) is 0.214. The first kappa shape index (κ1) is 20.5. The molecule has 152 valence electrons. The van der Waals surface area contributed by atoms with Gasteiger partial charge in [0.15, 0.2) is 12.0 Å². The van der Waals surface area contributed by atoms with Gasteiger partial charge in [-0.05, 0) is 72.1 Å². The van der Waals surface area contributed by atoms with Gasteiger partial charge in [0, 0.05) is 16.0 Å². The van der Waals surface area contributed by atoms with Crippen molar-refractivity contribution in [3.05, 3.63) is 99.8 Å². The van der Waals surface area contributed by atoms with E-state index in [-0.39, 0.29) is 18.2 Å². The normalized spacial score (nSPS) is 10.6. The van der Waals surface area contributed by atoms with Gasteiger partial charge in [0.25, 0.3) is 0 Å². The van der Waals surface area contributed by atoms with Gasteiger partial charge >= 0.3 is 0 Å². The van der Waals surface area contributed by atoms with Crippen LogP contribution in [0.15, 0.2) is 71.1 Å². The first-order valence-electron chi connectivity index (χ1n) is 9.54. The number of hydrogen-bond donors (Lipinski definition) is 0. The average Bonchev–Trinajstić information content (AvgIpc) is 3.21. The Hall–Kier alpha value is -3.81. The van der Waals surface area contributed by atoms with E-state index < -0.39 is 0 Å². The summed E-state index contributed by atoms with van der Waals surface area (Å²) in [5.41, 5.74) is 3.57. The topological polar surface area (TPSA) is 56.5 Å². The molecule has 0 N–H and O–H groups in total. The maximum Gasteiger partial charge on any atom is 0.228 e. The highest BCUT2D eigenvalue weighted by Crippen LogP contribution is 2.26. The van der Waals surface area contributed by atoms with E-state index >= 15 is 0 Å². The molecule has 4 nitrogen and oxygen atoms in total. The van der Waals surface area contributed by atoms with Crippen molar-refractivity contribution in [3.63, 3.8) is 0 Å². The van der Waals surface area contributed by atoms with E-state index in [0.717, 1.165) is 22.8 Å². The molecule has 0 aliphatic heterocycles. The predicted molar refractivity (Wildman–Crippen MR) is 120 cm³/mol. The van der Waals surface area contributed by atoms with Crippen molar-refractivity contribution in [1.29, 1.82) is 0 Å². The van der Waals surface area contributed by atoms with Gasteiger partial charge in [0.1, 0.15) is 17.9 Å². The summed E-state index contributed by atoms with van der Waals surface area (Å²) in [6.45, 7) is 0.106. The van der Waals surface area contributed by atoms with Crippen molar-refractivity contribution in [2.75, 3.05) is 6.61 Å². The summed E-state index contributed by atoms with van der Waals surface area (Å²) in [5.74, 6) is 2.92. The average molecular weight is 429 g/mol. The largest absolute Gasteiger partial charge is 0.480 e. The van der Waals surface area contributed by atoms with Crippen LogP contribution in [0.25, 0.3) is 11.0 Å². The monoisotopic (exact) mass is 428 g/mol. The van der Waals surface area contributed by atoms with E-state index in [0.29, 0.717) is 33.9 Å². The van der Waals surface area contributed by atoms with Crippen LogP contribution in [0, 0.1) is 12.3 Å². The number of terminal acetylenes is 1. The number of aldehydes is 1. The fourth-order valence-corrected chi connectivity index (χ4v) is 3.47. The van der Waals surface area contributed by atoms with Crippen molar-refractivity contribution < 1.29 is 18.7 Å². The maximum absolute atomic E-state index is 12.7. The third-order valence-corrected chi connectivity index (χ3v) is 5.08. The summed E-state index contributed by atoms with van der Waals surface area (Å²) < 4.78 is 11.1. The Morgan fingerprint density at radius 2 is 1.77 bits per heavy atom. The number of hydrogen-bond acceptors (Lipinski definition) is 4. The molecule has 4 rings (SSSR count). The third kappa shape index (κ3) is 4.53. The van der Waals surface area contributed by atoms with Gasteiger partial charge < -0.3 is 9.15 Å². The molecule has 5 heteroatoms. The van der Waals surface area contributed by atoms with Crippen molar-refractivity contribution >= 4 is 34.6 Å². The van der Waals surface area contributed by atoms with E-state index in [1.54, 1.807) is 42.5 Å². The van der Waals surface area contributed by atoms with E-state index in [1.165, 1.54) is 0 Å². The van der Waals surface area contributed by atoms with Crippen LogP contribution < -0.4 is 4.74 Å². The second kappa shape index (κ2) is 8.91. The standard InChI is InChI=1S/C26H17ClO4/c1-2-11-30-23-9-3-18(14-21(23)16-28)12-17-4-10-24-20(13-17)15-25(31-24)26(29)19-5-7-22(27)8-6-19/h1,3-10,13-16H,11-12H2. The summed E-state index contributed by atoms with van der Waals surface area (Å²) in [6.07, 6.45) is 6.57. The Labute approximate surface area is 184 Å². The van der Waals surface area contributed by atoms with Crippen LogP contribution >= 0.6 is 11.6 Å². The molecule has 1 heterocycles. The molecular weight excluding hydrogens is 412 g/mol. The Balaban J connectivity index is 1.57. The van der Waals surface area contributed by atoms with Gasteiger partial charge in [0.05, 0.1) is 5.56 Å². The molecule has 0 amide bonds. The van der Waals surface area contributed by atoms with Crippen molar-refractivity contribution in [3.8, 4) is 18.1 Å². The minimum Gasteiger partial charge on any atom is -0.480 e. The molecule has 0 aliphatic rings. The lowest BCUT2D eigenvalue weighted by atomic mass is 10.0. The van der Waals surface area contributed by atoms with Gasteiger partial charge in [-0.15, -0.1) is 6.42 Å². The zero-order chi connectivity index (χ0) is 21.8. The zero-order valence-electron chi connectivity index (χ0n) is 16.4. The molecule has 4 aromatic rings. The molecule has 0 bridgehead atoms. The SMILES string of the molecule is C#CCOc1ccc(Cc2ccc3oc(C(=O)c4ccc(Cl)cc4)cc3c2)cc1C=O. The first-order chi connectivity index (χ1) is 15.1. The lowest BCUT2D eigenvalue weighted by molar-refractivity contribution is 0.101. The van der Waals surface area contributed by atoms with Crippen LogP contribution in [0.2, 0.25) is 5.02 Å². The lowest BCUT2D eigenvalue weighted by Gasteiger charge is -2.08. The molecule has 31 heavy (non-hydrogen) atoms. The van der Waals surface area contributed by atoms with E-state index in [9.17, 15) is 9.59 Å². The minimum atomic E-state index is -0.201. The molecule has 1 aromatic heterocycles. The number of carbonyl (C=O) groups excluding carboxylic acids is 2. The van der Waals surface area contributed by atoms with Crippen LogP contribution in [0.3, 0.4) is 0 Å². The van der Waals surface area contributed by atoms with E-state index in [1.807, 2.05) is 24.3 Å². The number of carbonyl (C=O) groups is 2. The van der Waals surface area contributed by atoms with Gasteiger partial charge in [0.2, 0.25) is 5.78 Å². The molecule has 0 aliphatic carbocycles. The lowest BCUT2D eigenvalue weighted by Crippen LogP contribution is -1.99. The smallest absolute Gasteiger partial charge is 0.228 e. The van der Waals surface area contributed by atoms with Gasteiger partial charge in [-0.1, -0.05) is 29.7 Å². The van der Waals surface area contributed by atoms with Crippen LogP contribution in [0.5, 0.6) is 5.75 Å². The number of ether oxygens (including phenoxy) is 1. The number of benzene rings is 3. The zero-order valence-corrected chi connectivity index (χ0v) is 17.2. The number of ketones is 1. The molecule has 0 radical (unpaired) electrons. The van der Waals surface area contributed by atoms with Crippen LogP contribution in [-0.2, 0) is 6.42 Å². The van der Waals surface area contributed by atoms with Crippen molar-refractivity contribution in [2.45, 2.75) is 6.42 Å². The number of furan rings is 1. The fourth-order valence-electron chi connectivity index (χ4n) is 3.34. The van der Waals surface area contributed by atoms with E-state index in [2.05, 4.69) is 5.92 Å². The summed E-state index contributed by atoms with van der Waals surface area (Å²) in [7, 11) is 0. The third-order valence-electron chi connectivity index (χ3n) is 4.83. The molecule has 3 aromatic carbocycles. The number of fused-ring (bicyclic) bond motifs is 1. The molecule has 0 atom stereocenters. The number of halogens is 1. The molecule has 0 saturated carbocycles. The molecular formula is C26H17ClO4. The summed E-state index contributed by atoms with van der Waals surface area (Å²) in [4.78, 5) is 24.1. The van der Waals surface area contributed by atoms with Crippen LogP contribution in [-0.4, -0.2) is 18.7 Å². The highest BCUT2D eigenvalue weighted by atomic mass is 35.5. The van der Waals surface area contributed by atoms with Gasteiger partial charge in [-0.2, -0.15) is 0 Å². The van der Waals surface area contributed by atoms with Crippen LogP contribution in [0.4, 0.5) is 0 Å². The first-order valence-corrected chi connectivity index (χ1v) is 9.92. The fraction of sp³-hybridized carbons (Fsp3) is 0.0769. The molecule has 0 unspecified atom stereocenters. The van der Waals surface area contributed by atoms with E-state index in [4.69, 9.17) is 27.2 Å². The minimum absolute atomic E-state index is 0.106. The number of rotatable bonds is 7. The maximum atomic E-state index is 12.7. The van der Waals surface area contributed by atoms with Crippen LogP contribution in [0.1, 0.15) is 37.6 Å². The van der Waals surface area contributed by atoms with Gasteiger partial charge in [-0.25, -0.2) is 0 Å². The second-order valence-electron chi connectivity index (χ2n) is 6.98. The Kier molecular flexibility index (Phi) is 5.88. The second-order valence-corrected chi connectivity index (χ2v) is 7.41. The summed E-state index contributed by atoms with van der Waals surface area (Å²) >= 11 is 5.89. The van der Waals surface area contributed by atoms with Gasteiger partial charge in [-0.3, -0.25) is 9.59 Å². The predicted octanol–water partition coefficient (Wildman–Crippen LogP) is 5.73. The molecule has 0 saturated heterocycles. The highest BCUT2D eigenvalue weighted by molar-refractivity contribution is 6.30. The van der Waals surface area contributed by atoms with Crippen molar-refractivity contribution in [1.82, 2.24) is 0 Å².